The monoisotopic (exact) mass is 504 g/mol. The molecule has 0 aliphatic carbocycles. The average Bonchev–Trinajstić information content (AvgIpc) is 2.88. The van der Waals surface area contributed by atoms with E-state index in [1.807, 2.05) is 55.5 Å². The van der Waals surface area contributed by atoms with E-state index in [9.17, 15) is 18.0 Å². The average molecular weight is 505 g/mol. The van der Waals surface area contributed by atoms with Crippen molar-refractivity contribution >= 4 is 26.9 Å². The van der Waals surface area contributed by atoms with Crippen molar-refractivity contribution in [2.24, 2.45) is 0 Å². The molecule has 1 aromatic heterocycles. The molecule has 0 saturated heterocycles. The Morgan fingerprint density at radius 1 is 0.972 bits per heavy atom. The standard InChI is InChI=1S/C28H28N2O5S/c1-3-35-28(32)23-13-8-14-25(18-23)36(33,34)30(16-15-21-10-5-4-6-11-21)19-24-17-22-12-7-9-20(2)26(22)29-27(24)31/h4-14,17-18H,3,15-16,19H2,1-2H3,(H,29,31). The minimum atomic E-state index is -4.05. The van der Waals surface area contributed by atoms with Gasteiger partial charge in [0.2, 0.25) is 10.0 Å². The van der Waals surface area contributed by atoms with Crippen LogP contribution in [0.5, 0.6) is 0 Å². The Morgan fingerprint density at radius 3 is 2.47 bits per heavy atom. The minimum absolute atomic E-state index is 0.0332. The lowest BCUT2D eigenvalue weighted by Gasteiger charge is -2.23. The SMILES string of the molecule is CCOC(=O)c1cccc(S(=O)(=O)N(CCc2ccccc2)Cc2cc3cccc(C)c3[nH]c2=O)c1. The third-order valence-electron chi connectivity index (χ3n) is 5.99. The van der Waals surface area contributed by atoms with Gasteiger partial charge in [-0.05, 0) is 61.0 Å². The number of benzene rings is 3. The number of esters is 1. The molecule has 0 aliphatic heterocycles. The van der Waals surface area contributed by atoms with Crippen LogP contribution in [0.4, 0.5) is 0 Å². The fraction of sp³-hybridized carbons (Fsp3) is 0.214. The Morgan fingerprint density at radius 2 is 1.72 bits per heavy atom. The van der Waals surface area contributed by atoms with E-state index in [1.165, 1.54) is 28.6 Å². The molecule has 0 spiro atoms. The molecule has 186 valence electrons. The van der Waals surface area contributed by atoms with Gasteiger partial charge in [0.15, 0.2) is 0 Å². The van der Waals surface area contributed by atoms with Gasteiger partial charge < -0.3 is 9.72 Å². The van der Waals surface area contributed by atoms with Crippen LogP contribution < -0.4 is 5.56 Å². The molecule has 0 radical (unpaired) electrons. The van der Waals surface area contributed by atoms with Crippen molar-refractivity contribution in [2.45, 2.75) is 31.7 Å². The molecular formula is C28H28N2O5S. The topological polar surface area (TPSA) is 96.5 Å². The molecule has 7 nitrogen and oxygen atoms in total. The van der Waals surface area contributed by atoms with Gasteiger partial charge in [0.05, 0.1) is 22.6 Å². The fourth-order valence-electron chi connectivity index (χ4n) is 4.07. The number of para-hydroxylation sites is 1. The van der Waals surface area contributed by atoms with Crippen molar-refractivity contribution in [3.8, 4) is 0 Å². The molecule has 0 unspecified atom stereocenters. The van der Waals surface area contributed by atoms with E-state index in [-0.39, 0.29) is 35.7 Å². The summed E-state index contributed by atoms with van der Waals surface area (Å²) in [6, 6.07) is 22.8. The highest BCUT2D eigenvalue weighted by molar-refractivity contribution is 7.89. The number of pyridine rings is 1. The third-order valence-corrected chi connectivity index (χ3v) is 7.83. The van der Waals surface area contributed by atoms with Crippen molar-refractivity contribution in [2.75, 3.05) is 13.2 Å². The van der Waals surface area contributed by atoms with E-state index in [2.05, 4.69) is 4.98 Å². The van der Waals surface area contributed by atoms with Gasteiger partial charge in [-0.2, -0.15) is 4.31 Å². The van der Waals surface area contributed by atoms with Crippen LogP contribution >= 0.6 is 0 Å². The van der Waals surface area contributed by atoms with Crippen LogP contribution in [0.25, 0.3) is 10.9 Å². The highest BCUT2D eigenvalue weighted by Gasteiger charge is 2.26. The van der Waals surface area contributed by atoms with Gasteiger partial charge in [-0.3, -0.25) is 4.79 Å². The first-order valence-corrected chi connectivity index (χ1v) is 13.2. The molecule has 0 saturated carbocycles. The van der Waals surface area contributed by atoms with Crippen molar-refractivity contribution < 1.29 is 17.9 Å². The molecule has 36 heavy (non-hydrogen) atoms. The van der Waals surface area contributed by atoms with Crippen LogP contribution in [-0.4, -0.2) is 36.8 Å². The summed E-state index contributed by atoms with van der Waals surface area (Å²) >= 11 is 0. The van der Waals surface area contributed by atoms with Crippen molar-refractivity contribution in [3.63, 3.8) is 0 Å². The zero-order valence-electron chi connectivity index (χ0n) is 20.2. The number of aromatic nitrogens is 1. The van der Waals surface area contributed by atoms with Gasteiger partial charge in [0, 0.05) is 18.7 Å². The Labute approximate surface area is 210 Å². The van der Waals surface area contributed by atoms with Gasteiger partial charge in [0.25, 0.3) is 5.56 Å². The first-order chi connectivity index (χ1) is 17.3. The van der Waals surface area contributed by atoms with Gasteiger partial charge in [-0.1, -0.05) is 54.6 Å². The molecule has 4 aromatic rings. The number of H-pyrrole nitrogens is 1. The number of ether oxygens (including phenoxy) is 1. The zero-order chi connectivity index (χ0) is 25.7. The summed E-state index contributed by atoms with van der Waals surface area (Å²) in [5.41, 5.74) is 2.79. The Bertz CT molecular complexity index is 1550. The molecule has 0 aliphatic rings. The number of aryl methyl sites for hydroxylation is 1. The predicted molar refractivity (Wildman–Crippen MR) is 139 cm³/mol. The van der Waals surface area contributed by atoms with E-state index < -0.39 is 16.0 Å². The third kappa shape index (κ3) is 5.56. The number of aromatic amines is 1. The number of sulfonamides is 1. The maximum atomic E-state index is 13.8. The minimum Gasteiger partial charge on any atom is -0.462 e. The van der Waals surface area contributed by atoms with E-state index in [0.717, 1.165) is 22.0 Å². The maximum absolute atomic E-state index is 13.8. The van der Waals surface area contributed by atoms with E-state index >= 15 is 0 Å². The van der Waals surface area contributed by atoms with Gasteiger partial charge in [-0.25, -0.2) is 13.2 Å². The second kappa shape index (κ2) is 10.9. The van der Waals surface area contributed by atoms with Crippen molar-refractivity contribution in [3.05, 3.63) is 111 Å². The van der Waals surface area contributed by atoms with Gasteiger partial charge >= 0.3 is 5.97 Å². The number of fused-ring (bicyclic) bond motifs is 1. The molecule has 0 fully saturated rings. The zero-order valence-corrected chi connectivity index (χ0v) is 21.0. The van der Waals surface area contributed by atoms with Crippen LogP contribution in [0.3, 0.4) is 0 Å². The van der Waals surface area contributed by atoms with Crippen LogP contribution in [0, 0.1) is 6.92 Å². The van der Waals surface area contributed by atoms with Gasteiger partial charge in [-0.15, -0.1) is 0 Å². The summed E-state index contributed by atoms with van der Waals surface area (Å²) in [6.07, 6.45) is 0.461. The second-order valence-electron chi connectivity index (χ2n) is 8.49. The van der Waals surface area contributed by atoms with Crippen LogP contribution in [-0.2, 0) is 27.7 Å². The molecule has 0 amide bonds. The smallest absolute Gasteiger partial charge is 0.338 e. The second-order valence-corrected chi connectivity index (χ2v) is 10.4. The number of nitrogens with zero attached hydrogens (tertiary/aromatic N) is 1. The first kappa shape index (κ1) is 25.3. The lowest BCUT2D eigenvalue weighted by molar-refractivity contribution is 0.0526. The summed E-state index contributed by atoms with van der Waals surface area (Å²) in [5, 5.41) is 0.828. The summed E-state index contributed by atoms with van der Waals surface area (Å²) in [5.74, 6) is -0.591. The molecule has 8 heteroatoms. The van der Waals surface area contributed by atoms with Crippen LogP contribution in [0.15, 0.2) is 88.6 Å². The number of hydrogen-bond acceptors (Lipinski definition) is 5. The Balaban J connectivity index is 1.73. The highest BCUT2D eigenvalue weighted by atomic mass is 32.2. The molecule has 3 aromatic carbocycles. The maximum Gasteiger partial charge on any atom is 0.338 e. The van der Waals surface area contributed by atoms with Crippen LogP contribution in [0.1, 0.15) is 34.0 Å². The number of nitrogens with one attached hydrogen (secondary N) is 1. The lowest BCUT2D eigenvalue weighted by Crippen LogP contribution is -2.34. The number of hydrogen-bond donors (Lipinski definition) is 1. The van der Waals surface area contributed by atoms with E-state index in [0.29, 0.717) is 12.0 Å². The lowest BCUT2D eigenvalue weighted by atomic mass is 10.1. The number of carbonyl (C=O) groups is 1. The summed E-state index contributed by atoms with van der Waals surface area (Å²) in [6.45, 7) is 3.82. The summed E-state index contributed by atoms with van der Waals surface area (Å²) < 4.78 is 33.9. The highest BCUT2D eigenvalue weighted by Crippen LogP contribution is 2.22. The summed E-state index contributed by atoms with van der Waals surface area (Å²) in [7, 11) is -4.05. The van der Waals surface area contributed by atoms with Crippen molar-refractivity contribution in [1.82, 2.24) is 9.29 Å². The Hall–Kier alpha value is -3.75. The molecule has 0 bridgehead atoms. The first-order valence-electron chi connectivity index (χ1n) is 11.7. The molecule has 1 heterocycles. The van der Waals surface area contributed by atoms with Gasteiger partial charge in [0.1, 0.15) is 0 Å². The number of rotatable bonds is 9. The van der Waals surface area contributed by atoms with Crippen molar-refractivity contribution in [1.29, 1.82) is 0 Å². The number of carbonyl (C=O) groups excluding carboxylic acids is 1. The predicted octanol–water partition coefficient (Wildman–Crippen LogP) is 4.45. The summed E-state index contributed by atoms with van der Waals surface area (Å²) in [4.78, 5) is 28.0. The molecule has 0 atom stereocenters. The van der Waals surface area contributed by atoms with E-state index in [4.69, 9.17) is 4.74 Å². The quantitative estimate of drug-likeness (QED) is 0.340. The molecular weight excluding hydrogens is 476 g/mol. The molecule has 4 rings (SSSR count). The largest absolute Gasteiger partial charge is 0.462 e. The van der Waals surface area contributed by atoms with E-state index in [1.54, 1.807) is 13.0 Å². The Kier molecular flexibility index (Phi) is 7.67. The van der Waals surface area contributed by atoms with Crippen LogP contribution in [0.2, 0.25) is 0 Å². The molecule has 1 N–H and O–H groups in total. The fourth-order valence-corrected chi connectivity index (χ4v) is 5.53. The normalized spacial score (nSPS) is 11.6.